The van der Waals surface area contributed by atoms with Gasteiger partial charge in [0.25, 0.3) is 0 Å². The van der Waals surface area contributed by atoms with Gasteiger partial charge in [-0.1, -0.05) is 18.2 Å². The number of morpholine rings is 1. The summed E-state index contributed by atoms with van der Waals surface area (Å²) in [5.74, 6) is 0.0600. The topological polar surface area (TPSA) is 42.4 Å². The van der Waals surface area contributed by atoms with Crippen LogP contribution in [-0.2, 0) is 16.1 Å². The molecule has 3 rings (SSSR count). The van der Waals surface area contributed by atoms with Gasteiger partial charge in [-0.25, -0.2) is 0 Å². The van der Waals surface area contributed by atoms with Gasteiger partial charge in [0.2, 0.25) is 5.91 Å². The van der Waals surface area contributed by atoms with Crippen molar-refractivity contribution in [2.75, 3.05) is 19.8 Å². The smallest absolute Gasteiger partial charge is 0.248 e. The second kappa shape index (κ2) is 4.97. The summed E-state index contributed by atoms with van der Waals surface area (Å²) in [6.45, 7) is 4.09. The van der Waals surface area contributed by atoms with Crippen molar-refractivity contribution in [3.05, 3.63) is 41.6 Å². The highest BCUT2D eigenvalue weighted by Crippen LogP contribution is 2.20. The zero-order chi connectivity index (χ0) is 13.2. The maximum atomic E-state index is 11.8. The number of benzene rings is 1. The second-order valence-electron chi connectivity index (χ2n) is 4.81. The molecular formula is C15H16N2O2. The molecule has 0 bridgehead atoms. The van der Waals surface area contributed by atoms with Crippen LogP contribution in [0.1, 0.15) is 11.3 Å². The number of carbonyl (C=O) groups is 1. The number of nitrogens with zero attached hydrogens (tertiary/aromatic N) is 2. The first kappa shape index (κ1) is 12.1. The van der Waals surface area contributed by atoms with Gasteiger partial charge in [0.15, 0.2) is 0 Å². The molecule has 1 aromatic carbocycles. The number of amides is 1. The number of pyridine rings is 1. The van der Waals surface area contributed by atoms with E-state index < -0.39 is 0 Å². The summed E-state index contributed by atoms with van der Waals surface area (Å²) >= 11 is 0. The summed E-state index contributed by atoms with van der Waals surface area (Å²) in [7, 11) is 0. The van der Waals surface area contributed by atoms with Crippen molar-refractivity contribution in [1.82, 2.24) is 9.88 Å². The second-order valence-corrected chi connectivity index (χ2v) is 4.81. The molecule has 1 saturated heterocycles. The van der Waals surface area contributed by atoms with Crippen molar-refractivity contribution in [2.24, 2.45) is 0 Å². The first-order valence-corrected chi connectivity index (χ1v) is 6.45. The lowest BCUT2D eigenvalue weighted by Gasteiger charge is -2.27. The third-order valence-corrected chi connectivity index (χ3v) is 3.37. The number of ether oxygens (including phenoxy) is 1. The molecule has 0 radical (unpaired) electrons. The lowest BCUT2D eigenvalue weighted by atomic mass is 10.1. The molecule has 0 aliphatic carbocycles. The summed E-state index contributed by atoms with van der Waals surface area (Å²) in [5.41, 5.74) is 3.12. The Morgan fingerprint density at radius 2 is 2.21 bits per heavy atom. The van der Waals surface area contributed by atoms with Crippen molar-refractivity contribution in [1.29, 1.82) is 0 Å². The first-order chi connectivity index (χ1) is 9.24. The summed E-state index contributed by atoms with van der Waals surface area (Å²) in [5, 5.41) is 1.12. The van der Waals surface area contributed by atoms with Crippen molar-refractivity contribution in [2.45, 2.75) is 13.5 Å². The van der Waals surface area contributed by atoms with Gasteiger partial charge in [-0.05, 0) is 24.6 Å². The molecule has 2 heterocycles. The normalized spacial score (nSPS) is 16.1. The highest BCUT2D eigenvalue weighted by atomic mass is 16.5. The highest BCUT2D eigenvalue weighted by molar-refractivity contribution is 5.83. The van der Waals surface area contributed by atoms with Crippen molar-refractivity contribution in [3.8, 4) is 0 Å². The maximum Gasteiger partial charge on any atom is 0.248 e. The molecule has 4 heteroatoms. The molecule has 2 aromatic rings. The van der Waals surface area contributed by atoms with Crippen molar-refractivity contribution < 1.29 is 9.53 Å². The van der Waals surface area contributed by atoms with Gasteiger partial charge in [0.1, 0.15) is 6.61 Å². The largest absolute Gasteiger partial charge is 0.370 e. The Hall–Kier alpha value is -1.94. The Morgan fingerprint density at radius 3 is 3.05 bits per heavy atom. The molecule has 1 aromatic heterocycles. The molecule has 98 valence electrons. The molecule has 0 atom stereocenters. The summed E-state index contributed by atoms with van der Waals surface area (Å²) < 4.78 is 5.16. The van der Waals surface area contributed by atoms with Gasteiger partial charge < -0.3 is 9.64 Å². The fourth-order valence-electron chi connectivity index (χ4n) is 2.45. The van der Waals surface area contributed by atoms with Gasteiger partial charge in [-0.15, -0.1) is 0 Å². The number of aromatic nitrogens is 1. The maximum absolute atomic E-state index is 11.8. The number of hydrogen-bond donors (Lipinski definition) is 0. The number of hydrogen-bond acceptors (Lipinski definition) is 3. The van der Waals surface area contributed by atoms with Gasteiger partial charge in [0.05, 0.1) is 12.1 Å². The van der Waals surface area contributed by atoms with Crippen molar-refractivity contribution in [3.63, 3.8) is 0 Å². The number of aryl methyl sites for hydroxylation is 1. The fraction of sp³-hybridized carbons (Fsp3) is 0.333. The Labute approximate surface area is 112 Å². The van der Waals surface area contributed by atoms with Crippen LogP contribution in [0.4, 0.5) is 0 Å². The molecule has 1 amide bonds. The Balaban J connectivity index is 1.97. The molecule has 0 spiro atoms. The van der Waals surface area contributed by atoms with E-state index in [2.05, 4.69) is 17.1 Å². The average molecular weight is 256 g/mol. The Kier molecular flexibility index (Phi) is 3.17. The molecule has 0 unspecified atom stereocenters. The SMILES string of the molecule is Cc1cc(CN2CCOCC2=O)c2ccccc2n1. The lowest BCUT2D eigenvalue weighted by Crippen LogP contribution is -2.40. The first-order valence-electron chi connectivity index (χ1n) is 6.45. The van der Waals surface area contributed by atoms with E-state index in [1.807, 2.05) is 30.0 Å². The highest BCUT2D eigenvalue weighted by Gasteiger charge is 2.19. The lowest BCUT2D eigenvalue weighted by molar-refractivity contribution is -0.143. The quantitative estimate of drug-likeness (QED) is 0.824. The molecule has 1 fully saturated rings. The monoisotopic (exact) mass is 256 g/mol. The molecule has 4 nitrogen and oxygen atoms in total. The molecular weight excluding hydrogens is 240 g/mol. The third kappa shape index (κ3) is 2.44. The minimum atomic E-state index is 0.0600. The predicted molar refractivity (Wildman–Crippen MR) is 72.7 cm³/mol. The molecule has 1 aliphatic rings. The summed E-state index contributed by atoms with van der Waals surface area (Å²) in [4.78, 5) is 18.2. The fourth-order valence-corrected chi connectivity index (χ4v) is 2.45. The van der Waals surface area contributed by atoms with Gasteiger partial charge in [0, 0.05) is 24.2 Å². The zero-order valence-electron chi connectivity index (χ0n) is 10.9. The molecule has 0 saturated carbocycles. The molecule has 1 aliphatic heterocycles. The van der Waals surface area contributed by atoms with Crippen LogP contribution >= 0.6 is 0 Å². The Morgan fingerprint density at radius 1 is 1.37 bits per heavy atom. The number of para-hydroxylation sites is 1. The van der Waals surface area contributed by atoms with E-state index in [-0.39, 0.29) is 12.5 Å². The Bertz CT molecular complexity index is 625. The van der Waals surface area contributed by atoms with Crippen molar-refractivity contribution >= 4 is 16.8 Å². The predicted octanol–water partition coefficient (Wildman–Crippen LogP) is 1.90. The standard InChI is InChI=1S/C15H16N2O2/c1-11-8-12(9-17-6-7-19-10-15(17)18)13-4-2-3-5-14(13)16-11/h2-5,8H,6-7,9-10H2,1H3. The van der Waals surface area contributed by atoms with E-state index >= 15 is 0 Å². The van der Waals surface area contributed by atoms with Crippen LogP contribution in [0.3, 0.4) is 0 Å². The van der Waals surface area contributed by atoms with Crippen LogP contribution < -0.4 is 0 Å². The van der Waals surface area contributed by atoms with Gasteiger partial charge >= 0.3 is 0 Å². The molecule has 19 heavy (non-hydrogen) atoms. The van der Waals surface area contributed by atoms with Crippen LogP contribution in [0.5, 0.6) is 0 Å². The van der Waals surface area contributed by atoms with E-state index in [1.165, 1.54) is 0 Å². The number of fused-ring (bicyclic) bond motifs is 1. The zero-order valence-corrected chi connectivity index (χ0v) is 10.9. The van der Waals surface area contributed by atoms with E-state index in [4.69, 9.17) is 4.74 Å². The number of carbonyl (C=O) groups excluding carboxylic acids is 1. The number of rotatable bonds is 2. The molecule has 0 N–H and O–H groups in total. The van der Waals surface area contributed by atoms with Gasteiger partial charge in [-0.3, -0.25) is 9.78 Å². The van der Waals surface area contributed by atoms with Crippen LogP contribution in [0.25, 0.3) is 10.9 Å². The minimum absolute atomic E-state index is 0.0600. The summed E-state index contributed by atoms with van der Waals surface area (Å²) in [6.07, 6.45) is 0. The van der Waals surface area contributed by atoms with Gasteiger partial charge in [-0.2, -0.15) is 0 Å². The van der Waals surface area contributed by atoms with E-state index in [0.29, 0.717) is 19.7 Å². The van der Waals surface area contributed by atoms with E-state index in [1.54, 1.807) is 0 Å². The van der Waals surface area contributed by atoms with Crippen LogP contribution in [-0.4, -0.2) is 35.5 Å². The van der Waals surface area contributed by atoms with Crippen LogP contribution in [0.15, 0.2) is 30.3 Å². The van der Waals surface area contributed by atoms with Crippen LogP contribution in [0.2, 0.25) is 0 Å². The van der Waals surface area contributed by atoms with E-state index in [9.17, 15) is 4.79 Å². The minimum Gasteiger partial charge on any atom is -0.370 e. The van der Waals surface area contributed by atoms with Crippen LogP contribution in [0, 0.1) is 6.92 Å². The third-order valence-electron chi connectivity index (χ3n) is 3.37. The average Bonchev–Trinajstić information content (AvgIpc) is 2.41. The summed E-state index contributed by atoms with van der Waals surface area (Å²) in [6, 6.07) is 10.1. The van der Waals surface area contributed by atoms with E-state index in [0.717, 1.165) is 22.2 Å².